The third kappa shape index (κ3) is 4.48. The average Bonchev–Trinajstić information content (AvgIpc) is 3.08. The molecule has 0 spiro atoms. The second kappa shape index (κ2) is 7.83. The molecule has 2 N–H and O–H groups in total. The van der Waals surface area contributed by atoms with E-state index in [4.69, 9.17) is 0 Å². The molecule has 1 heterocycles. The van der Waals surface area contributed by atoms with Gasteiger partial charge < -0.3 is 0 Å². The van der Waals surface area contributed by atoms with E-state index in [0.717, 1.165) is 11.4 Å². The number of benzene rings is 2. The first-order valence-corrected chi connectivity index (χ1v) is 7.77. The first-order chi connectivity index (χ1) is 12.2. The zero-order valence-corrected chi connectivity index (χ0v) is 13.7. The van der Waals surface area contributed by atoms with E-state index in [1.165, 1.54) is 6.21 Å². The van der Waals surface area contributed by atoms with Crippen molar-refractivity contribution in [3.8, 4) is 0 Å². The van der Waals surface area contributed by atoms with Crippen molar-refractivity contribution < 1.29 is 4.79 Å². The lowest BCUT2D eigenvalue weighted by Crippen LogP contribution is -2.17. The van der Waals surface area contributed by atoms with Gasteiger partial charge in [-0.2, -0.15) is 10.2 Å². The topological polar surface area (TPSA) is 82.5 Å². The van der Waals surface area contributed by atoms with Crippen molar-refractivity contribution in [2.75, 3.05) is 5.43 Å². The molecule has 3 rings (SSSR count). The van der Waals surface area contributed by atoms with Crippen molar-refractivity contribution in [3.63, 3.8) is 0 Å². The van der Waals surface area contributed by atoms with E-state index in [1.807, 2.05) is 55.5 Å². The Bertz CT molecular complexity index is 898. The number of carbonyl (C=O) groups excluding carboxylic acids is 1. The predicted molar refractivity (Wildman–Crippen MR) is 99.7 cm³/mol. The molecule has 0 aliphatic carbocycles. The van der Waals surface area contributed by atoms with Gasteiger partial charge in [-0.05, 0) is 19.1 Å². The van der Waals surface area contributed by atoms with E-state index in [0.29, 0.717) is 11.4 Å². The minimum absolute atomic E-state index is 0.190. The van der Waals surface area contributed by atoms with E-state index < -0.39 is 0 Å². The lowest BCUT2D eigenvalue weighted by atomic mass is 10.1. The molecule has 0 amide bonds. The molecule has 25 heavy (non-hydrogen) atoms. The number of aliphatic imine (C=N–C) groups is 1. The number of aromatic nitrogens is 2. The van der Waals surface area contributed by atoms with Crippen molar-refractivity contribution in [3.05, 3.63) is 78.0 Å². The molecule has 3 aromatic rings. The monoisotopic (exact) mass is 331 g/mol. The first kappa shape index (κ1) is 16.3. The molecule has 6 heteroatoms. The fourth-order valence-corrected chi connectivity index (χ4v) is 2.11. The molecule has 0 radical (unpaired) electrons. The van der Waals surface area contributed by atoms with Crippen LogP contribution in [0.3, 0.4) is 0 Å². The number of hydrazone groups is 1. The zero-order valence-electron chi connectivity index (χ0n) is 13.7. The molecule has 0 unspecified atom stereocenters. The number of nitrogens with zero attached hydrogens (tertiary/aromatic N) is 3. The van der Waals surface area contributed by atoms with Crippen LogP contribution in [0.1, 0.15) is 16.1 Å². The van der Waals surface area contributed by atoms with Crippen LogP contribution in [-0.4, -0.2) is 27.9 Å². The summed E-state index contributed by atoms with van der Waals surface area (Å²) in [6, 6.07) is 20.2. The Morgan fingerprint density at radius 3 is 2.40 bits per heavy atom. The molecule has 0 saturated heterocycles. The molecule has 0 bridgehead atoms. The number of aromatic amines is 1. The summed E-state index contributed by atoms with van der Waals surface area (Å²) in [6.45, 7) is 1.88. The number of Topliss-reactive ketones (excluding diaryl/α,β-unsaturated/α-hetero) is 1. The number of hydrogen-bond acceptors (Lipinski definition) is 5. The van der Waals surface area contributed by atoms with Gasteiger partial charge in [-0.25, -0.2) is 4.99 Å². The van der Waals surface area contributed by atoms with Crippen LogP contribution < -0.4 is 5.43 Å². The van der Waals surface area contributed by atoms with Crippen molar-refractivity contribution in [1.29, 1.82) is 0 Å². The Morgan fingerprint density at radius 1 is 1.08 bits per heavy atom. The summed E-state index contributed by atoms with van der Waals surface area (Å²) < 4.78 is 0. The second-order valence-electron chi connectivity index (χ2n) is 5.34. The molecular weight excluding hydrogens is 314 g/mol. The van der Waals surface area contributed by atoms with Crippen LogP contribution in [0.4, 0.5) is 11.5 Å². The Kier molecular flexibility index (Phi) is 5.11. The zero-order chi connectivity index (χ0) is 17.5. The van der Waals surface area contributed by atoms with Crippen LogP contribution in [0.25, 0.3) is 0 Å². The van der Waals surface area contributed by atoms with Crippen LogP contribution in [0, 0.1) is 6.92 Å². The number of aryl methyl sites for hydroxylation is 1. The summed E-state index contributed by atoms with van der Waals surface area (Å²) in [5.41, 5.74) is 5.29. The Morgan fingerprint density at radius 2 is 1.76 bits per heavy atom. The number of anilines is 1. The normalized spacial score (nSPS) is 11.6. The molecule has 0 saturated carbocycles. The average molecular weight is 331 g/mol. The number of carbonyl (C=O) groups is 1. The van der Waals surface area contributed by atoms with Gasteiger partial charge >= 0.3 is 0 Å². The van der Waals surface area contributed by atoms with E-state index in [1.54, 1.807) is 18.2 Å². The van der Waals surface area contributed by atoms with Crippen molar-refractivity contribution in [2.24, 2.45) is 10.1 Å². The molecule has 2 aromatic carbocycles. The lowest BCUT2D eigenvalue weighted by Gasteiger charge is -2.03. The largest absolute Gasteiger partial charge is 0.287 e. The maximum atomic E-state index is 12.7. The van der Waals surface area contributed by atoms with Crippen LogP contribution >= 0.6 is 0 Å². The Hall–Kier alpha value is -3.54. The highest BCUT2D eigenvalue weighted by molar-refractivity contribution is 6.65. The van der Waals surface area contributed by atoms with Gasteiger partial charge in [0.2, 0.25) is 5.78 Å². The SMILES string of the molecule is Cc1cc(N=CC(=NNc2ccccc2)C(=O)c2ccccc2)n[nH]1. The number of H-pyrrole nitrogens is 1. The van der Waals surface area contributed by atoms with Crippen molar-refractivity contribution in [2.45, 2.75) is 6.92 Å². The Labute approximate surface area is 145 Å². The van der Waals surface area contributed by atoms with E-state index in [9.17, 15) is 4.79 Å². The van der Waals surface area contributed by atoms with E-state index in [-0.39, 0.29) is 11.5 Å². The minimum atomic E-state index is -0.222. The summed E-state index contributed by atoms with van der Waals surface area (Å²) in [7, 11) is 0. The summed E-state index contributed by atoms with van der Waals surface area (Å²) in [5.74, 6) is 0.269. The van der Waals surface area contributed by atoms with Gasteiger partial charge in [0.25, 0.3) is 0 Å². The van der Waals surface area contributed by atoms with Gasteiger partial charge in [0.15, 0.2) is 5.82 Å². The summed E-state index contributed by atoms with van der Waals surface area (Å²) >= 11 is 0. The molecule has 0 aliphatic heterocycles. The van der Waals surface area contributed by atoms with E-state index in [2.05, 4.69) is 25.7 Å². The maximum Gasteiger partial charge on any atom is 0.214 e. The molecule has 0 atom stereocenters. The van der Waals surface area contributed by atoms with Gasteiger partial charge in [-0.3, -0.25) is 15.3 Å². The van der Waals surface area contributed by atoms with Gasteiger partial charge in [-0.15, -0.1) is 0 Å². The molecule has 0 fully saturated rings. The van der Waals surface area contributed by atoms with Crippen LogP contribution in [0.5, 0.6) is 0 Å². The number of para-hydroxylation sites is 1. The smallest absolute Gasteiger partial charge is 0.214 e. The Balaban J connectivity index is 1.87. The molecular formula is C19H17N5O. The number of ketones is 1. The maximum absolute atomic E-state index is 12.7. The fraction of sp³-hybridized carbons (Fsp3) is 0.0526. The molecule has 0 aliphatic rings. The van der Waals surface area contributed by atoms with Gasteiger partial charge in [0.05, 0.1) is 11.9 Å². The van der Waals surface area contributed by atoms with Crippen molar-refractivity contribution >= 4 is 29.2 Å². The van der Waals surface area contributed by atoms with Crippen LogP contribution in [0.2, 0.25) is 0 Å². The van der Waals surface area contributed by atoms with Gasteiger partial charge in [0, 0.05) is 17.3 Å². The second-order valence-corrected chi connectivity index (χ2v) is 5.34. The highest BCUT2D eigenvalue weighted by Crippen LogP contribution is 2.09. The highest BCUT2D eigenvalue weighted by Gasteiger charge is 2.12. The third-order valence-electron chi connectivity index (χ3n) is 3.36. The fourth-order valence-electron chi connectivity index (χ4n) is 2.11. The van der Waals surface area contributed by atoms with Crippen LogP contribution in [0.15, 0.2) is 76.8 Å². The predicted octanol–water partition coefficient (Wildman–Crippen LogP) is 3.77. The highest BCUT2D eigenvalue weighted by atomic mass is 16.1. The third-order valence-corrected chi connectivity index (χ3v) is 3.36. The molecule has 6 nitrogen and oxygen atoms in total. The van der Waals surface area contributed by atoms with E-state index >= 15 is 0 Å². The number of nitrogens with one attached hydrogen (secondary N) is 2. The van der Waals surface area contributed by atoms with Crippen LogP contribution in [-0.2, 0) is 0 Å². The quantitative estimate of drug-likeness (QED) is 0.410. The van der Waals surface area contributed by atoms with Gasteiger partial charge in [-0.1, -0.05) is 48.5 Å². The summed E-state index contributed by atoms with van der Waals surface area (Å²) in [5, 5.41) is 11.1. The molecule has 124 valence electrons. The number of rotatable bonds is 6. The van der Waals surface area contributed by atoms with Crippen molar-refractivity contribution in [1.82, 2.24) is 10.2 Å². The lowest BCUT2D eigenvalue weighted by molar-refractivity contribution is 0.106. The molecule has 1 aromatic heterocycles. The minimum Gasteiger partial charge on any atom is -0.287 e. The summed E-state index contributed by atoms with van der Waals surface area (Å²) in [6.07, 6.45) is 1.42. The standard InChI is InChI=1S/C19H17N5O/c1-14-12-18(24-21-14)20-13-17(19(25)15-8-4-2-5-9-15)23-22-16-10-6-3-7-11-16/h2-13,22H,1H3,(H,21,24). The number of hydrogen-bond donors (Lipinski definition) is 2. The summed E-state index contributed by atoms with van der Waals surface area (Å²) in [4.78, 5) is 16.9. The van der Waals surface area contributed by atoms with Gasteiger partial charge in [0.1, 0.15) is 5.71 Å². The first-order valence-electron chi connectivity index (χ1n) is 7.77.